The van der Waals surface area contributed by atoms with E-state index in [1.807, 2.05) is 31.2 Å². The number of benzene rings is 2. The van der Waals surface area contributed by atoms with Gasteiger partial charge in [-0.2, -0.15) is 0 Å². The van der Waals surface area contributed by atoms with Crippen molar-refractivity contribution in [2.75, 3.05) is 127 Å². The van der Waals surface area contributed by atoms with Crippen molar-refractivity contribution in [1.29, 1.82) is 0 Å². The monoisotopic (exact) mass is 970 g/mol. The van der Waals surface area contributed by atoms with Crippen molar-refractivity contribution in [2.45, 2.75) is 95.7 Å². The minimum atomic E-state index is -1.26. The molecule has 18 nitrogen and oxygen atoms in total. The number of epoxide rings is 9. The van der Waals surface area contributed by atoms with Crippen LogP contribution in [-0.4, -0.2) is 190 Å². The third kappa shape index (κ3) is 42.5. The average Bonchev–Trinajstić information content (AvgIpc) is 4.15. The maximum atomic E-state index is 10.5. The molecule has 2 aromatic rings. The molecule has 382 valence electrons. The number of rotatable bonds is 16. The molecule has 67 heavy (non-hydrogen) atoms. The van der Waals surface area contributed by atoms with Crippen LogP contribution in [0.4, 0.5) is 9.59 Å². The summed E-state index contributed by atoms with van der Waals surface area (Å²) in [7, 11) is 1.70. The fourth-order valence-electron chi connectivity index (χ4n) is 4.21. The van der Waals surface area contributed by atoms with E-state index < -0.39 is 20.6 Å². The molecule has 8 atom stereocenters. The molecule has 9 saturated heterocycles. The van der Waals surface area contributed by atoms with E-state index in [9.17, 15) is 9.59 Å². The molecule has 0 N–H and O–H groups in total. The van der Waals surface area contributed by atoms with E-state index in [-0.39, 0.29) is 12.2 Å². The molecule has 0 aromatic heterocycles. The average molecular weight is 971 g/mol. The van der Waals surface area contributed by atoms with Crippen LogP contribution in [0.3, 0.4) is 0 Å². The molecule has 8 unspecified atom stereocenters. The van der Waals surface area contributed by atoms with Gasteiger partial charge in [-0.1, -0.05) is 60.7 Å². The van der Waals surface area contributed by atoms with Crippen LogP contribution < -0.4 is 0 Å². The fourth-order valence-corrected chi connectivity index (χ4v) is 4.89. The summed E-state index contributed by atoms with van der Waals surface area (Å²) in [5.74, 6) is 0. The van der Waals surface area contributed by atoms with Gasteiger partial charge in [0.05, 0.1) is 112 Å². The van der Waals surface area contributed by atoms with Gasteiger partial charge in [-0.15, -0.1) is 0 Å². The Morgan fingerprint density at radius 3 is 1.34 bits per heavy atom. The molecule has 9 aliphatic rings. The van der Waals surface area contributed by atoms with Crippen molar-refractivity contribution in [3.63, 3.8) is 0 Å². The molecule has 0 saturated carbocycles. The summed E-state index contributed by atoms with van der Waals surface area (Å²) < 4.78 is 76.9. The highest BCUT2D eigenvalue weighted by molar-refractivity contribution is 6.69. The van der Waals surface area contributed by atoms with Crippen molar-refractivity contribution in [3.05, 3.63) is 71.8 Å². The first-order valence-electron chi connectivity index (χ1n) is 23.2. The summed E-state index contributed by atoms with van der Waals surface area (Å²) in [6, 6.07) is 20.7. The molecule has 0 bridgehead atoms. The summed E-state index contributed by atoms with van der Waals surface area (Å²) >= 11 is 0. The highest BCUT2D eigenvalue weighted by Crippen LogP contribution is 2.28. The van der Waals surface area contributed by atoms with Gasteiger partial charge in [-0.3, -0.25) is 0 Å². The van der Waals surface area contributed by atoms with Gasteiger partial charge in [0.1, 0.15) is 49.8 Å². The second-order valence-corrected chi connectivity index (χ2v) is 21.2. The van der Waals surface area contributed by atoms with E-state index in [4.69, 9.17) is 51.8 Å². The summed E-state index contributed by atoms with van der Waals surface area (Å²) in [5, 5.41) is 0. The maximum absolute atomic E-state index is 10.5. The zero-order valence-corrected chi connectivity index (χ0v) is 42.0. The molecule has 0 spiro atoms. The minimum absolute atomic E-state index is 0.115. The normalized spacial score (nSPS) is 25.6. The fraction of sp³-hybridized carbons (Fsp3) is 0.708. The Balaban J connectivity index is 0.000000203. The molecule has 9 heterocycles. The molecule has 9 aliphatic heterocycles. The number of carbonyl (C=O) groups excluding carboxylic acids is 2. The van der Waals surface area contributed by atoms with E-state index in [1.54, 1.807) is 14.0 Å². The van der Waals surface area contributed by atoms with E-state index in [0.29, 0.717) is 69.7 Å². The van der Waals surface area contributed by atoms with Crippen LogP contribution >= 0.6 is 0 Å². The SMILES string of the molecule is C1CO1.CC1CO1.CCOC(=O)OCC1CO1.CCOCC1CO1.COC(=O)OCC1CO1.COCC1CO1.C[Si](C)(C)OCC1CO1.c1ccc(C2CO2)cc1.c1ccc(CC2CO2)cc1. The van der Waals surface area contributed by atoms with Crippen LogP contribution in [0.15, 0.2) is 60.7 Å². The Labute approximate surface area is 398 Å². The minimum Gasteiger partial charge on any atom is -0.438 e. The largest absolute Gasteiger partial charge is 0.508 e. The third-order valence-corrected chi connectivity index (χ3v) is 9.73. The lowest BCUT2D eigenvalue weighted by Crippen LogP contribution is -2.27. The zero-order valence-electron chi connectivity index (χ0n) is 41.0. The number of hydrogen-bond donors (Lipinski definition) is 0. The molecular formula is C48H78O18Si. The molecule has 0 aliphatic carbocycles. The first kappa shape index (κ1) is 58.0. The number of ether oxygens (including phenoxy) is 15. The Bertz CT molecular complexity index is 1500. The Morgan fingerprint density at radius 2 is 0.985 bits per heavy atom. The van der Waals surface area contributed by atoms with Gasteiger partial charge < -0.3 is 75.5 Å². The first-order valence-corrected chi connectivity index (χ1v) is 26.6. The van der Waals surface area contributed by atoms with Crippen molar-refractivity contribution < 1.29 is 85.1 Å². The van der Waals surface area contributed by atoms with Crippen LogP contribution in [0.1, 0.15) is 38.0 Å². The van der Waals surface area contributed by atoms with Crippen LogP contribution in [0.25, 0.3) is 0 Å². The summed E-state index contributed by atoms with van der Waals surface area (Å²) in [5.41, 5.74) is 2.68. The second kappa shape index (κ2) is 34.9. The lowest BCUT2D eigenvalue weighted by Gasteiger charge is -2.15. The number of carbonyl (C=O) groups is 2. The summed E-state index contributed by atoms with van der Waals surface area (Å²) in [6.45, 7) is 25.4. The number of methoxy groups -OCH3 is 2. The first-order chi connectivity index (χ1) is 32.4. The van der Waals surface area contributed by atoms with Gasteiger partial charge >= 0.3 is 12.3 Å². The topological polar surface area (TPSA) is 212 Å². The van der Waals surface area contributed by atoms with Crippen LogP contribution in [0.2, 0.25) is 19.6 Å². The predicted molar refractivity (Wildman–Crippen MR) is 249 cm³/mol. The third-order valence-electron chi connectivity index (χ3n) is 8.69. The predicted octanol–water partition coefficient (Wildman–Crippen LogP) is 6.22. The summed E-state index contributed by atoms with van der Waals surface area (Å²) in [6.07, 6.45) is 2.85. The maximum Gasteiger partial charge on any atom is 0.508 e. The van der Waals surface area contributed by atoms with Gasteiger partial charge in [-0.05, 0) is 51.5 Å². The van der Waals surface area contributed by atoms with Gasteiger partial charge in [0, 0.05) is 20.1 Å². The quantitative estimate of drug-likeness (QED) is 0.104. The molecular weight excluding hydrogens is 893 g/mol. The van der Waals surface area contributed by atoms with Crippen LogP contribution in [0, 0.1) is 0 Å². The molecule has 19 heteroatoms. The van der Waals surface area contributed by atoms with Gasteiger partial charge in [0.15, 0.2) is 8.32 Å². The Hall–Kier alpha value is -3.28. The van der Waals surface area contributed by atoms with Crippen LogP contribution in [-0.2, 0) is 81.9 Å². The second-order valence-electron chi connectivity index (χ2n) is 16.7. The molecule has 9 fully saturated rings. The smallest absolute Gasteiger partial charge is 0.438 e. The molecule has 11 rings (SSSR count). The standard InChI is InChI=1S/C9H10O.C8H8O.C6H10O4.C6H14O2Si.C5H8O4.C5H10O2.C4H8O2.C3H6O.C2H4O/c1-2-4-8(5-3-1)6-9-7-10-9;1-2-4-7(5-3-1)8-6-9-8;1-2-8-6(7)10-4-5-3-9-5;1-9(2,3)8-5-6-4-7-6;1-7-5(6)9-3-4-2-8-4;1-2-6-3-5-4-7-5;1-5-2-4-3-6-4;1-3-2-4-3;1-2-3-1/h1-5,9H,6-7H2;1-5,8H,6H2;5H,2-4H2,1H3;6H,4-5H2,1-3H3;4H,2-3H2,1H3;5H,2-4H2,1H3;4H,2-3H2,1H3;3H,2H2,1H3;1-2H2. The highest BCUT2D eigenvalue weighted by Gasteiger charge is 2.27. The molecule has 0 amide bonds. The van der Waals surface area contributed by atoms with Crippen molar-refractivity contribution >= 4 is 20.6 Å². The summed E-state index contributed by atoms with van der Waals surface area (Å²) in [4.78, 5) is 20.7. The lowest BCUT2D eigenvalue weighted by molar-refractivity contribution is 0.0540. The van der Waals surface area contributed by atoms with E-state index in [1.165, 1.54) is 18.2 Å². The lowest BCUT2D eigenvalue weighted by atomic mass is 10.1. The Kier molecular flexibility index (Phi) is 30.2. The number of hydrogen-bond acceptors (Lipinski definition) is 18. The molecule has 2 aromatic carbocycles. The van der Waals surface area contributed by atoms with Gasteiger partial charge in [0.2, 0.25) is 0 Å². The van der Waals surface area contributed by atoms with E-state index >= 15 is 0 Å². The van der Waals surface area contributed by atoms with Crippen molar-refractivity contribution in [1.82, 2.24) is 0 Å². The van der Waals surface area contributed by atoms with Gasteiger partial charge in [-0.25, -0.2) is 9.59 Å². The van der Waals surface area contributed by atoms with Crippen LogP contribution in [0.5, 0.6) is 0 Å². The van der Waals surface area contributed by atoms with Gasteiger partial charge in [0.25, 0.3) is 0 Å². The van der Waals surface area contributed by atoms with Crippen molar-refractivity contribution in [3.8, 4) is 0 Å². The Morgan fingerprint density at radius 1 is 0.552 bits per heavy atom. The highest BCUT2D eigenvalue weighted by atomic mass is 28.4. The van der Waals surface area contributed by atoms with E-state index in [0.717, 1.165) is 85.7 Å². The van der Waals surface area contributed by atoms with Crippen molar-refractivity contribution in [2.24, 2.45) is 0 Å². The van der Waals surface area contributed by atoms with E-state index in [2.05, 4.69) is 86.6 Å². The zero-order chi connectivity index (χ0) is 48.5. The molecule has 0 radical (unpaired) electrons.